The van der Waals surface area contributed by atoms with E-state index in [1.165, 1.54) is 0 Å². The monoisotopic (exact) mass is 300 g/mol. The average Bonchev–Trinajstić information content (AvgIpc) is 2.49. The predicted molar refractivity (Wildman–Crippen MR) is 83.7 cm³/mol. The van der Waals surface area contributed by atoms with Crippen molar-refractivity contribution in [2.75, 3.05) is 18.1 Å². The molecule has 5 nitrogen and oxygen atoms in total. The second-order valence-electron chi connectivity index (χ2n) is 4.32. The van der Waals surface area contributed by atoms with Crippen molar-refractivity contribution < 1.29 is 4.79 Å². The molecule has 106 valence electrons. The van der Waals surface area contributed by atoms with Crippen molar-refractivity contribution >= 4 is 34.6 Å². The summed E-state index contributed by atoms with van der Waals surface area (Å²) < 4.78 is 0. The summed E-state index contributed by atoms with van der Waals surface area (Å²) in [5.41, 5.74) is 8.23. The molecule has 21 heavy (non-hydrogen) atoms. The average molecular weight is 301 g/mol. The maximum atomic E-state index is 11.9. The molecule has 0 aliphatic rings. The maximum absolute atomic E-state index is 11.9. The lowest BCUT2D eigenvalue weighted by molar-refractivity contribution is 0.0964. The van der Waals surface area contributed by atoms with E-state index in [2.05, 4.69) is 10.6 Å². The molecule has 6 heteroatoms. The first-order valence-electron chi connectivity index (χ1n) is 6.13. The summed E-state index contributed by atoms with van der Waals surface area (Å²) in [6.07, 6.45) is 0. The van der Waals surface area contributed by atoms with E-state index in [0.717, 1.165) is 0 Å². The fourth-order valence-corrected chi connectivity index (χ4v) is 2.00. The maximum Gasteiger partial charge on any atom is 0.253 e. The minimum atomic E-state index is -0.245. The number of nitrogens with one attached hydrogen (secondary N) is 2. The third-order valence-electron chi connectivity index (χ3n) is 2.88. The number of amides is 1. The number of nitrogen functional groups attached to an aromatic ring is 1. The van der Waals surface area contributed by atoms with Gasteiger partial charge in [0.2, 0.25) is 0 Å². The van der Waals surface area contributed by atoms with E-state index in [9.17, 15) is 4.79 Å². The van der Waals surface area contributed by atoms with Crippen molar-refractivity contribution in [1.82, 2.24) is 5.32 Å². The fourth-order valence-electron chi connectivity index (χ4n) is 1.83. The number of anilines is 3. The zero-order chi connectivity index (χ0) is 15.4. The third kappa shape index (κ3) is 3.25. The summed E-state index contributed by atoms with van der Waals surface area (Å²) in [5.74, 6) is -0.245. The Morgan fingerprint density at radius 1 is 1.24 bits per heavy atom. The Balaban J connectivity index is 2.46. The summed E-state index contributed by atoms with van der Waals surface area (Å²) in [5, 5.41) is 15.0. The van der Waals surface area contributed by atoms with Crippen LogP contribution >= 0.6 is 11.6 Å². The van der Waals surface area contributed by atoms with Gasteiger partial charge in [0.1, 0.15) is 0 Å². The van der Waals surface area contributed by atoms with Crippen molar-refractivity contribution in [3.05, 3.63) is 52.5 Å². The number of benzene rings is 2. The standard InChI is InChI=1S/C15H13ClN4O/c1-19-15(21)11-4-3-10(18)7-13(11)20-14-6-9(8-17)2-5-12(14)16/h2-7,20H,18H2,1H3,(H,19,21). The third-order valence-corrected chi connectivity index (χ3v) is 3.21. The molecule has 0 atom stereocenters. The highest BCUT2D eigenvalue weighted by Gasteiger charge is 2.12. The first kappa shape index (κ1) is 14.7. The summed E-state index contributed by atoms with van der Waals surface area (Å²) in [6.45, 7) is 0. The van der Waals surface area contributed by atoms with Gasteiger partial charge in [-0.05, 0) is 36.4 Å². The molecular weight excluding hydrogens is 288 g/mol. The highest BCUT2D eigenvalue weighted by molar-refractivity contribution is 6.33. The largest absolute Gasteiger partial charge is 0.399 e. The van der Waals surface area contributed by atoms with Crippen molar-refractivity contribution in [3.63, 3.8) is 0 Å². The van der Waals surface area contributed by atoms with E-state index in [1.807, 2.05) is 6.07 Å². The second kappa shape index (κ2) is 6.16. The van der Waals surface area contributed by atoms with E-state index in [-0.39, 0.29) is 5.91 Å². The summed E-state index contributed by atoms with van der Waals surface area (Å²) in [6, 6.07) is 11.8. The number of hydrogen-bond acceptors (Lipinski definition) is 4. The van der Waals surface area contributed by atoms with E-state index < -0.39 is 0 Å². The van der Waals surface area contributed by atoms with E-state index in [1.54, 1.807) is 43.4 Å². The van der Waals surface area contributed by atoms with Crippen LogP contribution in [0.3, 0.4) is 0 Å². The Morgan fingerprint density at radius 3 is 2.67 bits per heavy atom. The van der Waals surface area contributed by atoms with E-state index in [0.29, 0.717) is 33.2 Å². The highest BCUT2D eigenvalue weighted by Crippen LogP contribution is 2.29. The van der Waals surface area contributed by atoms with E-state index >= 15 is 0 Å². The number of nitrogens with two attached hydrogens (primary N) is 1. The number of hydrogen-bond donors (Lipinski definition) is 3. The van der Waals surface area contributed by atoms with Gasteiger partial charge >= 0.3 is 0 Å². The van der Waals surface area contributed by atoms with Crippen LogP contribution in [0.2, 0.25) is 5.02 Å². The van der Waals surface area contributed by atoms with Crippen LogP contribution in [-0.2, 0) is 0 Å². The van der Waals surface area contributed by atoms with Gasteiger partial charge in [0, 0.05) is 12.7 Å². The highest BCUT2D eigenvalue weighted by atomic mass is 35.5. The Bertz CT molecular complexity index is 737. The summed E-state index contributed by atoms with van der Waals surface area (Å²) in [7, 11) is 1.55. The predicted octanol–water partition coefficient (Wildman–Crippen LogP) is 2.90. The van der Waals surface area contributed by atoms with E-state index in [4.69, 9.17) is 22.6 Å². The van der Waals surface area contributed by atoms with Gasteiger partial charge in [-0.2, -0.15) is 5.26 Å². The van der Waals surface area contributed by atoms with Gasteiger partial charge in [0.25, 0.3) is 5.91 Å². The van der Waals surface area contributed by atoms with Crippen LogP contribution in [0.1, 0.15) is 15.9 Å². The molecule has 2 rings (SSSR count). The molecule has 0 spiro atoms. The first-order valence-corrected chi connectivity index (χ1v) is 6.51. The first-order chi connectivity index (χ1) is 10.0. The molecule has 0 radical (unpaired) electrons. The molecule has 1 amide bonds. The van der Waals surface area contributed by atoms with Crippen LogP contribution in [0.15, 0.2) is 36.4 Å². The number of halogens is 1. The van der Waals surface area contributed by atoms with Crippen molar-refractivity contribution in [1.29, 1.82) is 5.26 Å². The van der Waals surface area contributed by atoms with Gasteiger partial charge in [0.05, 0.1) is 33.6 Å². The zero-order valence-electron chi connectivity index (χ0n) is 11.3. The normalized spacial score (nSPS) is 9.76. The zero-order valence-corrected chi connectivity index (χ0v) is 12.0. The molecule has 0 aliphatic heterocycles. The van der Waals surface area contributed by atoms with Gasteiger partial charge in [-0.3, -0.25) is 4.79 Å². The Morgan fingerprint density at radius 2 is 2.00 bits per heavy atom. The lowest BCUT2D eigenvalue weighted by Crippen LogP contribution is -2.19. The number of rotatable bonds is 3. The molecule has 2 aromatic carbocycles. The summed E-state index contributed by atoms with van der Waals surface area (Å²) >= 11 is 6.10. The molecule has 0 saturated carbocycles. The molecule has 0 aromatic heterocycles. The molecular formula is C15H13ClN4O. The Labute approximate surface area is 127 Å². The lowest BCUT2D eigenvalue weighted by Gasteiger charge is -2.13. The van der Waals surface area contributed by atoms with Crippen molar-refractivity contribution in [2.45, 2.75) is 0 Å². The van der Waals surface area contributed by atoms with Crippen LogP contribution in [0.4, 0.5) is 17.1 Å². The molecule has 0 unspecified atom stereocenters. The quantitative estimate of drug-likeness (QED) is 0.760. The van der Waals surface area contributed by atoms with Gasteiger partial charge in [0.15, 0.2) is 0 Å². The molecule has 0 aliphatic carbocycles. The van der Waals surface area contributed by atoms with Gasteiger partial charge < -0.3 is 16.4 Å². The molecule has 0 saturated heterocycles. The molecule has 0 heterocycles. The van der Waals surface area contributed by atoms with Crippen molar-refractivity contribution in [3.8, 4) is 6.07 Å². The smallest absolute Gasteiger partial charge is 0.253 e. The Kier molecular flexibility index (Phi) is 4.31. The topological polar surface area (TPSA) is 90.9 Å². The molecule has 2 aromatic rings. The van der Waals surface area contributed by atoms with Gasteiger partial charge in [-0.25, -0.2) is 0 Å². The lowest BCUT2D eigenvalue weighted by atomic mass is 10.1. The number of nitrogens with zero attached hydrogens (tertiary/aromatic N) is 1. The molecule has 0 fully saturated rings. The van der Waals surface area contributed by atoms with Crippen LogP contribution < -0.4 is 16.4 Å². The van der Waals surface area contributed by atoms with Crippen molar-refractivity contribution in [2.24, 2.45) is 0 Å². The minimum absolute atomic E-state index is 0.245. The number of nitriles is 1. The second-order valence-corrected chi connectivity index (χ2v) is 4.72. The summed E-state index contributed by atoms with van der Waals surface area (Å²) in [4.78, 5) is 11.9. The van der Waals surface area contributed by atoms with Crippen LogP contribution in [0.25, 0.3) is 0 Å². The van der Waals surface area contributed by atoms with Crippen LogP contribution in [0.5, 0.6) is 0 Å². The van der Waals surface area contributed by atoms with Gasteiger partial charge in [-0.15, -0.1) is 0 Å². The SMILES string of the molecule is CNC(=O)c1ccc(N)cc1Nc1cc(C#N)ccc1Cl. The van der Waals surface area contributed by atoms with Crippen LogP contribution in [-0.4, -0.2) is 13.0 Å². The minimum Gasteiger partial charge on any atom is -0.399 e. The molecule has 4 N–H and O–H groups in total. The fraction of sp³-hybridized carbons (Fsp3) is 0.0667. The number of carbonyl (C=O) groups is 1. The Hall–Kier alpha value is -2.71. The number of carbonyl (C=O) groups excluding carboxylic acids is 1. The van der Waals surface area contributed by atoms with Gasteiger partial charge in [-0.1, -0.05) is 11.6 Å². The van der Waals surface area contributed by atoms with Crippen LogP contribution in [0, 0.1) is 11.3 Å². The molecule has 0 bridgehead atoms.